The first kappa shape index (κ1) is 18.0. The summed E-state index contributed by atoms with van der Waals surface area (Å²) in [5, 5.41) is 12.5. The minimum atomic E-state index is 0.225. The molecule has 1 aromatic carbocycles. The predicted molar refractivity (Wildman–Crippen MR) is 105 cm³/mol. The number of hydrogen-bond acceptors (Lipinski definition) is 5. The molecule has 2 aromatic rings. The summed E-state index contributed by atoms with van der Waals surface area (Å²) < 4.78 is 5.82. The highest BCUT2D eigenvalue weighted by atomic mass is 16.5. The van der Waals surface area contributed by atoms with Gasteiger partial charge in [-0.1, -0.05) is 18.2 Å². The van der Waals surface area contributed by atoms with Crippen molar-refractivity contribution in [1.82, 2.24) is 9.88 Å². The zero-order chi connectivity index (χ0) is 18.6. The van der Waals surface area contributed by atoms with Gasteiger partial charge in [0.15, 0.2) is 0 Å². The topological polar surface area (TPSA) is 61.2 Å². The van der Waals surface area contributed by atoms with Gasteiger partial charge in [0.1, 0.15) is 5.82 Å². The second-order valence-corrected chi connectivity index (χ2v) is 7.73. The number of methoxy groups -OCH3 is 1. The quantitative estimate of drug-likeness (QED) is 0.884. The Balaban J connectivity index is 1.39. The van der Waals surface area contributed by atoms with E-state index in [0.717, 1.165) is 43.9 Å². The van der Waals surface area contributed by atoms with Crippen LogP contribution in [-0.4, -0.2) is 42.2 Å². The Kier molecular flexibility index (Phi) is 5.38. The van der Waals surface area contributed by atoms with E-state index in [4.69, 9.17) is 10.00 Å². The standard InChI is InChI=1S/C22H26N4O/c1-27-21-11-19-15-26(13-17-7-5-16(12-23)6-8-17)14-18(19)10-20(21)25-22-4-2-3-9-24-22/h2-9,18-21H,10-11,13-15H2,1H3,(H,24,25)/t18-,19+,20-,21-/m1/s1. The molecule has 0 bridgehead atoms. The molecule has 1 aliphatic heterocycles. The molecule has 4 rings (SSSR count). The van der Waals surface area contributed by atoms with Crippen LogP contribution in [0, 0.1) is 23.2 Å². The van der Waals surface area contributed by atoms with Crippen LogP contribution in [0.5, 0.6) is 0 Å². The average molecular weight is 362 g/mol. The van der Waals surface area contributed by atoms with Gasteiger partial charge in [0.25, 0.3) is 0 Å². The van der Waals surface area contributed by atoms with Crippen LogP contribution in [0.25, 0.3) is 0 Å². The van der Waals surface area contributed by atoms with Gasteiger partial charge in [-0.15, -0.1) is 0 Å². The van der Waals surface area contributed by atoms with Crippen molar-refractivity contribution in [2.45, 2.75) is 31.5 Å². The number of aromatic nitrogens is 1. The molecule has 27 heavy (non-hydrogen) atoms. The van der Waals surface area contributed by atoms with E-state index in [9.17, 15) is 0 Å². The molecule has 0 unspecified atom stereocenters. The van der Waals surface area contributed by atoms with E-state index in [1.165, 1.54) is 5.56 Å². The van der Waals surface area contributed by atoms with Crippen molar-refractivity contribution in [2.75, 3.05) is 25.5 Å². The Hall–Kier alpha value is -2.42. The maximum atomic E-state index is 8.95. The van der Waals surface area contributed by atoms with Gasteiger partial charge < -0.3 is 10.1 Å². The number of nitriles is 1. The molecule has 1 saturated heterocycles. The number of nitrogens with one attached hydrogen (secondary N) is 1. The summed E-state index contributed by atoms with van der Waals surface area (Å²) in [6, 6.07) is 16.4. The molecule has 1 aromatic heterocycles. The number of fused-ring (bicyclic) bond motifs is 1. The minimum absolute atomic E-state index is 0.225. The summed E-state index contributed by atoms with van der Waals surface area (Å²) in [6.07, 6.45) is 4.26. The molecule has 2 fully saturated rings. The van der Waals surface area contributed by atoms with Crippen molar-refractivity contribution in [3.63, 3.8) is 0 Å². The van der Waals surface area contributed by atoms with E-state index in [1.807, 2.05) is 43.6 Å². The molecule has 0 amide bonds. The van der Waals surface area contributed by atoms with Gasteiger partial charge in [-0.05, 0) is 54.5 Å². The summed E-state index contributed by atoms with van der Waals surface area (Å²) in [5.41, 5.74) is 2.00. The van der Waals surface area contributed by atoms with Crippen molar-refractivity contribution in [1.29, 1.82) is 5.26 Å². The van der Waals surface area contributed by atoms with Crippen LogP contribution in [0.3, 0.4) is 0 Å². The zero-order valence-electron chi connectivity index (χ0n) is 15.7. The number of pyridine rings is 1. The van der Waals surface area contributed by atoms with Crippen molar-refractivity contribution in [3.8, 4) is 6.07 Å². The molecule has 0 radical (unpaired) electrons. The third kappa shape index (κ3) is 4.13. The molecule has 1 N–H and O–H groups in total. The van der Waals surface area contributed by atoms with Crippen LogP contribution >= 0.6 is 0 Å². The van der Waals surface area contributed by atoms with Gasteiger partial charge in [0.05, 0.1) is 23.8 Å². The highest BCUT2D eigenvalue weighted by molar-refractivity contribution is 5.35. The molecular weight excluding hydrogens is 336 g/mol. The van der Waals surface area contributed by atoms with Gasteiger partial charge >= 0.3 is 0 Å². The van der Waals surface area contributed by atoms with Gasteiger partial charge in [0, 0.05) is 32.9 Å². The van der Waals surface area contributed by atoms with Crippen molar-refractivity contribution >= 4 is 5.82 Å². The third-order valence-electron chi connectivity index (χ3n) is 5.98. The first-order valence-electron chi connectivity index (χ1n) is 9.67. The molecule has 1 aliphatic carbocycles. The second-order valence-electron chi connectivity index (χ2n) is 7.73. The molecular formula is C22H26N4O. The molecule has 2 heterocycles. The normalized spacial score (nSPS) is 27.7. The molecule has 140 valence electrons. The Morgan fingerprint density at radius 1 is 1.15 bits per heavy atom. The van der Waals surface area contributed by atoms with Crippen LogP contribution in [0.15, 0.2) is 48.7 Å². The van der Waals surface area contributed by atoms with Crippen molar-refractivity contribution < 1.29 is 4.74 Å². The Morgan fingerprint density at radius 3 is 2.59 bits per heavy atom. The highest BCUT2D eigenvalue weighted by Gasteiger charge is 2.42. The maximum Gasteiger partial charge on any atom is 0.126 e. The van der Waals surface area contributed by atoms with Crippen molar-refractivity contribution in [3.05, 3.63) is 59.8 Å². The number of rotatable bonds is 5. The number of hydrogen-bond donors (Lipinski definition) is 1. The fourth-order valence-corrected chi connectivity index (χ4v) is 4.63. The van der Waals surface area contributed by atoms with Crippen LogP contribution in [0.2, 0.25) is 0 Å². The number of anilines is 1. The van der Waals surface area contributed by atoms with E-state index in [2.05, 4.69) is 33.4 Å². The highest BCUT2D eigenvalue weighted by Crippen LogP contribution is 2.38. The fourth-order valence-electron chi connectivity index (χ4n) is 4.63. The first-order chi connectivity index (χ1) is 13.2. The molecule has 2 aliphatic rings. The number of likely N-dealkylation sites (tertiary alicyclic amines) is 1. The van der Waals surface area contributed by atoms with Gasteiger partial charge in [-0.25, -0.2) is 4.98 Å². The van der Waals surface area contributed by atoms with E-state index in [0.29, 0.717) is 17.9 Å². The lowest BCUT2D eigenvalue weighted by atomic mass is 9.77. The summed E-state index contributed by atoms with van der Waals surface area (Å²) in [4.78, 5) is 6.96. The molecule has 5 nitrogen and oxygen atoms in total. The zero-order valence-corrected chi connectivity index (χ0v) is 15.7. The Labute approximate surface area is 161 Å². The summed E-state index contributed by atoms with van der Waals surface area (Å²) in [6.45, 7) is 3.21. The number of nitrogens with zero attached hydrogens (tertiary/aromatic N) is 3. The molecule has 5 heteroatoms. The largest absolute Gasteiger partial charge is 0.379 e. The molecule has 1 saturated carbocycles. The van der Waals surface area contributed by atoms with E-state index in [-0.39, 0.29) is 6.10 Å². The lowest BCUT2D eigenvalue weighted by Crippen LogP contribution is -2.44. The maximum absolute atomic E-state index is 8.95. The minimum Gasteiger partial charge on any atom is -0.379 e. The van der Waals surface area contributed by atoms with Crippen LogP contribution in [-0.2, 0) is 11.3 Å². The van der Waals surface area contributed by atoms with Crippen molar-refractivity contribution in [2.24, 2.45) is 11.8 Å². The van der Waals surface area contributed by atoms with Gasteiger partial charge in [-0.2, -0.15) is 5.26 Å². The summed E-state index contributed by atoms with van der Waals surface area (Å²) in [7, 11) is 1.82. The average Bonchev–Trinajstić information content (AvgIpc) is 3.09. The smallest absolute Gasteiger partial charge is 0.126 e. The second kappa shape index (κ2) is 8.08. The monoisotopic (exact) mass is 362 g/mol. The summed E-state index contributed by atoms with van der Waals surface area (Å²) in [5.74, 6) is 2.31. The van der Waals surface area contributed by atoms with Crippen LogP contribution in [0.4, 0.5) is 5.82 Å². The third-order valence-corrected chi connectivity index (χ3v) is 5.98. The van der Waals surface area contributed by atoms with Crippen LogP contribution < -0.4 is 5.32 Å². The number of ether oxygens (including phenoxy) is 1. The van der Waals surface area contributed by atoms with Gasteiger partial charge in [0.2, 0.25) is 0 Å². The van der Waals surface area contributed by atoms with Crippen LogP contribution in [0.1, 0.15) is 24.0 Å². The van der Waals surface area contributed by atoms with Gasteiger partial charge in [-0.3, -0.25) is 4.90 Å². The summed E-state index contributed by atoms with van der Waals surface area (Å²) >= 11 is 0. The van der Waals surface area contributed by atoms with E-state index in [1.54, 1.807) is 0 Å². The van der Waals surface area contributed by atoms with E-state index < -0.39 is 0 Å². The lowest BCUT2D eigenvalue weighted by Gasteiger charge is -2.37. The fraction of sp³-hybridized carbons (Fsp3) is 0.455. The molecule has 0 spiro atoms. The Morgan fingerprint density at radius 2 is 1.93 bits per heavy atom. The Bertz CT molecular complexity index is 786. The first-order valence-corrected chi connectivity index (χ1v) is 9.67. The molecule has 4 atom stereocenters. The lowest BCUT2D eigenvalue weighted by molar-refractivity contribution is 0.0304. The number of benzene rings is 1. The van der Waals surface area contributed by atoms with E-state index >= 15 is 0 Å². The SMILES string of the molecule is CO[C@@H]1C[C@H]2CN(Cc3ccc(C#N)cc3)C[C@H]2C[C@H]1Nc1ccccn1. The predicted octanol–water partition coefficient (Wildman–Crippen LogP) is 3.29.